The molecule has 3 N–H and O–H groups in total. The molecule has 0 saturated heterocycles. The third-order valence-corrected chi connectivity index (χ3v) is 10.4. The van der Waals surface area contributed by atoms with E-state index in [-0.39, 0.29) is 35.6 Å². The number of anilines is 2. The van der Waals surface area contributed by atoms with Crippen molar-refractivity contribution in [3.63, 3.8) is 0 Å². The predicted molar refractivity (Wildman–Crippen MR) is 173 cm³/mol. The van der Waals surface area contributed by atoms with Crippen LogP contribution in [0.2, 0.25) is 0 Å². The summed E-state index contributed by atoms with van der Waals surface area (Å²) in [6.07, 6.45) is 19.8. The molecule has 3 aliphatic rings. The first kappa shape index (κ1) is 32.5. The Kier molecular flexibility index (Phi) is 12.8. The molecule has 0 aromatic heterocycles. The topological polar surface area (TPSA) is 87.3 Å². The Bertz CT molecular complexity index is 957. The van der Waals surface area contributed by atoms with Gasteiger partial charge in [0.05, 0.1) is 0 Å². The fourth-order valence-corrected chi connectivity index (χ4v) is 7.91. The molecule has 0 unspecified atom stereocenters. The molecule has 3 amide bonds. The van der Waals surface area contributed by atoms with Crippen molar-refractivity contribution in [1.82, 2.24) is 5.32 Å². The van der Waals surface area contributed by atoms with E-state index < -0.39 is 0 Å². The van der Waals surface area contributed by atoms with Crippen molar-refractivity contribution in [2.45, 2.75) is 142 Å². The van der Waals surface area contributed by atoms with Crippen molar-refractivity contribution >= 4 is 29.1 Å². The highest BCUT2D eigenvalue weighted by molar-refractivity contribution is 6.01. The molecule has 4 rings (SSSR count). The Balaban J connectivity index is 1.43. The molecular weight excluding hydrogens is 522 g/mol. The monoisotopic (exact) mass is 579 g/mol. The molecule has 0 bridgehead atoms. The van der Waals surface area contributed by atoms with Crippen molar-refractivity contribution in [2.24, 2.45) is 29.6 Å². The second-order valence-electron chi connectivity index (χ2n) is 13.8. The first-order chi connectivity index (χ1) is 20.4. The van der Waals surface area contributed by atoms with E-state index in [0.717, 1.165) is 94.8 Å². The van der Waals surface area contributed by atoms with Crippen LogP contribution in [0.4, 0.5) is 11.4 Å². The number of carbonyl (C=O) groups is 3. The molecule has 0 spiro atoms. The normalized spacial score (nSPS) is 28.1. The van der Waals surface area contributed by atoms with Gasteiger partial charge in [0.2, 0.25) is 11.8 Å². The standard InChI is InChI=1S/C36H57N3O3/c1-4-7-25-10-16-28(17-11-25)34(40)38-32-22-30(36(42)37-31-20-14-27(9-6-3)15-21-31)23-33(24-32)39-35(41)29-18-12-26(8-5-2)13-19-29/h22-29,31H,4-21H2,1-3H3,(H,37,42)(H,38,40)(H,39,41). The van der Waals surface area contributed by atoms with Gasteiger partial charge >= 0.3 is 0 Å². The average Bonchev–Trinajstić information content (AvgIpc) is 2.99. The zero-order valence-electron chi connectivity index (χ0n) is 26.6. The highest BCUT2D eigenvalue weighted by Gasteiger charge is 2.28. The first-order valence-corrected chi connectivity index (χ1v) is 17.5. The SMILES string of the molecule is CCCC1CCC(NC(=O)c2cc(NC(=O)C3CCC(CCC)CC3)cc(NC(=O)C3CCC(CCC)CC3)c2)CC1. The zero-order valence-corrected chi connectivity index (χ0v) is 26.6. The minimum absolute atomic E-state index is 0.00485. The van der Waals surface area contributed by atoms with Gasteiger partial charge < -0.3 is 16.0 Å². The summed E-state index contributed by atoms with van der Waals surface area (Å²) in [5.74, 6) is 2.20. The largest absolute Gasteiger partial charge is 0.349 e. The molecule has 6 heteroatoms. The van der Waals surface area contributed by atoms with Crippen molar-refractivity contribution in [3.8, 4) is 0 Å². The van der Waals surface area contributed by atoms with Gasteiger partial charge in [0.1, 0.15) is 0 Å². The molecule has 0 atom stereocenters. The summed E-state index contributed by atoms with van der Waals surface area (Å²) in [6, 6.07) is 5.57. The van der Waals surface area contributed by atoms with E-state index >= 15 is 0 Å². The minimum Gasteiger partial charge on any atom is -0.349 e. The van der Waals surface area contributed by atoms with Crippen LogP contribution < -0.4 is 16.0 Å². The second-order valence-corrected chi connectivity index (χ2v) is 13.8. The highest BCUT2D eigenvalue weighted by atomic mass is 16.2. The van der Waals surface area contributed by atoms with Crippen LogP contribution in [-0.4, -0.2) is 23.8 Å². The third-order valence-electron chi connectivity index (χ3n) is 10.4. The fraction of sp³-hybridized carbons (Fsp3) is 0.750. The van der Waals surface area contributed by atoms with Gasteiger partial charge in [0.25, 0.3) is 5.91 Å². The lowest BCUT2D eigenvalue weighted by atomic mass is 9.79. The van der Waals surface area contributed by atoms with E-state index in [0.29, 0.717) is 16.9 Å². The molecule has 3 aliphatic carbocycles. The lowest BCUT2D eigenvalue weighted by Gasteiger charge is -2.29. The molecule has 3 saturated carbocycles. The van der Waals surface area contributed by atoms with E-state index in [4.69, 9.17) is 0 Å². The van der Waals surface area contributed by atoms with Crippen LogP contribution in [0.1, 0.15) is 147 Å². The number of nitrogens with one attached hydrogen (secondary N) is 3. The lowest BCUT2D eigenvalue weighted by Crippen LogP contribution is -2.37. The van der Waals surface area contributed by atoms with E-state index in [1.807, 2.05) is 6.07 Å². The van der Waals surface area contributed by atoms with Crippen LogP contribution in [0.25, 0.3) is 0 Å². The number of hydrogen-bond acceptors (Lipinski definition) is 3. The van der Waals surface area contributed by atoms with Crippen molar-refractivity contribution in [3.05, 3.63) is 23.8 Å². The van der Waals surface area contributed by atoms with Gasteiger partial charge in [0.15, 0.2) is 0 Å². The number of carbonyl (C=O) groups excluding carboxylic acids is 3. The van der Waals surface area contributed by atoms with Crippen molar-refractivity contribution in [2.75, 3.05) is 10.6 Å². The average molecular weight is 580 g/mol. The molecule has 234 valence electrons. The fourth-order valence-electron chi connectivity index (χ4n) is 7.91. The summed E-state index contributed by atoms with van der Waals surface area (Å²) in [6.45, 7) is 6.70. The highest BCUT2D eigenvalue weighted by Crippen LogP contribution is 2.34. The van der Waals surface area contributed by atoms with Gasteiger partial charge in [-0.05, 0) is 113 Å². The quantitative estimate of drug-likeness (QED) is 0.231. The van der Waals surface area contributed by atoms with E-state index in [2.05, 4.69) is 36.7 Å². The van der Waals surface area contributed by atoms with Gasteiger partial charge in [-0.3, -0.25) is 14.4 Å². The molecule has 42 heavy (non-hydrogen) atoms. The minimum atomic E-state index is -0.124. The summed E-state index contributed by atoms with van der Waals surface area (Å²) in [4.78, 5) is 40.0. The summed E-state index contributed by atoms with van der Waals surface area (Å²) in [5, 5.41) is 9.49. The Morgan fingerprint density at radius 2 is 0.952 bits per heavy atom. The van der Waals surface area contributed by atoms with Gasteiger partial charge in [-0.1, -0.05) is 59.3 Å². The number of benzene rings is 1. The van der Waals surface area contributed by atoms with E-state index in [1.54, 1.807) is 12.1 Å². The van der Waals surface area contributed by atoms with Crippen LogP contribution >= 0.6 is 0 Å². The summed E-state index contributed by atoms with van der Waals surface area (Å²) in [7, 11) is 0. The van der Waals surface area contributed by atoms with Gasteiger partial charge in [-0.25, -0.2) is 0 Å². The number of rotatable bonds is 12. The molecule has 0 heterocycles. The van der Waals surface area contributed by atoms with E-state index in [9.17, 15) is 14.4 Å². The Hall–Kier alpha value is -2.37. The van der Waals surface area contributed by atoms with Crippen molar-refractivity contribution < 1.29 is 14.4 Å². The number of hydrogen-bond donors (Lipinski definition) is 3. The smallest absolute Gasteiger partial charge is 0.251 e. The van der Waals surface area contributed by atoms with Crippen LogP contribution in [0, 0.1) is 29.6 Å². The Morgan fingerprint density at radius 3 is 1.33 bits per heavy atom. The maximum absolute atomic E-state index is 13.5. The Labute approximate surface area is 254 Å². The van der Waals surface area contributed by atoms with Crippen LogP contribution in [0.15, 0.2) is 18.2 Å². The predicted octanol–water partition coefficient (Wildman–Crippen LogP) is 8.87. The van der Waals surface area contributed by atoms with Crippen LogP contribution in [0.3, 0.4) is 0 Å². The van der Waals surface area contributed by atoms with Gasteiger partial charge in [-0.2, -0.15) is 0 Å². The molecule has 6 nitrogen and oxygen atoms in total. The third kappa shape index (κ3) is 9.57. The maximum atomic E-state index is 13.5. The second kappa shape index (κ2) is 16.5. The Morgan fingerprint density at radius 1 is 0.571 bits per heavy atom. The van der Waals surface area contributed by atoms with Crippen molar-refractivity contribution in [1.29, 1.82) is 0 Å². The maximum Gasteiger partial charge on any atom is 0.251 e. The molecular formula is C36H57N3O3. The van der Waals surface area contributed by atoms with Gasteiger partial charge in [-0.15, -0.1) is 0 Å². The molecule has 0 aliphatic heterocycles. The molecule has 1 aromatic carbocycles. The lowest BCUT2D eigenvalue weighted by molar-refractivity contribution is -0.121. The van der Waals surface area contributed by atoms with Crippen LogP contribution in [-0.2, 0) is 9.59 Å². The molecule has 3 fully saturated rings. The molecule has 1 aromatic rings. The summed E-state index contributed by atoms with van der Waals surface area (Å²) in [5.41, 5.74) is 1.69. The summed E-state index contributed by atoms with van der Waals surface area (Å²) < 4.78 is 0. The van der Waals surface area contributed by atoms with Crippen LogP contribution in [0.5, 0.6) is 0 Å². The molecule has 0 radical (unpaired) electrons. The first-order valence-electron chi connectivity index (χ1n) is 17.5. The number of amides is 3. The summed E-state index contributed by atoms with van der Waals surface area (Å²) >= 11 is 0. The zero-order chi connectivity index (χ0) is 29.9. The van der Waals surface area contributed by atoms with Gasteiger partial charge in [0, 0.05) is 34.8 Å². The van der Waals surface area contributed by atoms with E-state index in [1.165, 1.54) is 38.5 Å².